The van der Waals surface area contributed by atoms with E-state index in [1.165, 1.54) is 11.3 Å². The number of hydrogen-bond acceptors (Lipinski definition) is 3. The normalized spacial score (nSPS) is 13.7. The molecule has 4 heteroatoms. The monoisotopic (exact) mass is 277 g/mol. The van der Waals surface area contributed by atoms with Gasteiger partial charge in [0.2, 0.25) is 0 Å². The molecular formula is C15H23N3S. The Morgan fingerprint density at radius 1 is 1.42 bits per heavy atom. The van der Waals surface area contributed by atoms with E-state index in [1.54, 1.807) is 11.3 Å². The summed E-state index contributed by atoms with van der Waals surface area (Å²) in [5.41, 5.74) is 2.78. The van der Waals surface area contributed by atoms with Crippen molar-refractivity contribution in [2.45, 2.75) is 52.2 Å². The molecular weight excluding hydrogens is 254 g/mol. The Kier molecular flexibility index (Phi) is 4.42. The predicted molar refractivity (Wildman–Crippen MR) is 81.6 cm³/mol. The van der Waals surface area contributed by atoms with Crippen molar-refractivity contribution in [1.82, 2.24) is 14.9 Å². The second-order valence-electron chi connectivity index (χ2n) is 6.08. The SMILES string of the molecule is CC(Cc1ccsc1)n1cncc1CNC(C)(C)C. The molecule has 1 atom stereocenters. The third-order valence-corrected chi connectivity index (χ3v) is 3.86. The number of imidazole rings is 1. The summed E-state index contributed by atoms with van der Waals surface area (Å²) < 4.78 is 2.27. The van der Waals surface area contributed by atoms with Gasteiger partial charge in [0.15, 0.2) is 0 Å². The first-order valence-electron chi connectivity index (χ1n) is 6.72. The molecule has 0 spiro atoms. The molecule has 0 amide bonds. The van der Waals surface area contributed by atoms with E-state index in [9.17, 15) is 0 Å². The van der Waals surface area contributed by atoms with Crippen LogP contribution in [0, 0.1) is 0 Å². The molecule has 0 radical (unpaired) electrons. The van der Waals surface area contributed by atoms with Crippen molar-refractivity contribution in [3.8, 4) is 0 Å². The van der Waals surface area contributed by atoms with E-state index < -0.39 is 0 Å². The van der Waals surface area contributed by atoms with Crippen molar-refractivity contribution in [3.05, 3.63) is 40.6 Å². The van der Waals surface area contributed by atoms with Gasteiger partial charge in [-0.05, 0) is 56.5 Å². The van der Waals surface area contributed by atoms with Crippen molar-refractivity contribution in [2.75, 3.05) is 0 Å². The zero-order valence-corrected chi connectivity index (χ0v) is 13.0. The molecule has 0 aromatic carbocycles. The minimum Gasteiger partial charge on any atom is -0.330 e. The molecule has 0 aliphatic rings. The molecule has 1 unspecified atom stereocenters. The molecule has 2 rings (SSSR count). The molecule has 104 valence electrons. The average Bonchev–Trinajstić information content (AvgIpc) is 2.95. The Morgan fingerprint density at radius 3 is 2.84 bits per heavy atom. The molecule has 2 heterocycles. The summed E-state index contributed by atoms with van der Waals surface area (Å²) in [5.74, 6) is 0. The fourth-order valence-corrected chi connectivity index (χ4v) is 2.75. The minimum absolute atomic E-state index is 0.131. The van der Waals surface area contributed by atoms with Gasteiger partial charge < -0.3 is 9.88 Å². The van der Waals surface area contributed by atoms with E-state index >= 15 is 0 Å². The van der Waals surface area contributed by atoms with Gasteiger partial charge in [0.25, 0.3) is 0 Å². The number of thiophene rings is 1. The number of nitrogens with zero attached hydrogens (tertiary/aromatic N) is 2. The standard InChI is InChI=1S/C15H23N3S/c1-12(7-13-5-6-19-10-13)18-11-16-8-14(18)9-17-15(2,3)4/h5-6,8,10-12,17H,7,9H2,1-4H3. The van der Waals surface area contributed by atoms with E-state index in [4.69, 9.17) is 0 Å². The fourth-order valence-electron chi connectivity index (χ4n) is 2.07. The second-order valence-corrected chi connectivity index (χ2v) is 6.86. The second kappa shape index (κ2) is 5.88. The van der Waals surface area contributed by atoms with Crippen LogP contribution in [0.2, 0.25) is 0 Å². The molecule has 0 aliphatic carbocycles. The zero-order chi connectivity index (χ0) is 13.9. The van der Waals surface area contributed by atoms with Crippen molar-refractivity contribution in [1.29, 1.82) is 0 Å². The first-order valence-corrected chi connectivity index (χ1v) is 7.67. The Balaban J connectivity index is 2.02. The highest BCUT2D eigenvalue weighted by Gasteiger charge is 2.13. The first kappa shape index (κ1) is 14.3. The molecule has 19 heavy (non-hydrogen) atoms. The third kappa shape index (κ3) is 4.18. The lowest BCUT2D eigenvalue weighted by Gasteiger charge is -2.22. The molecule has 0 aliphatic heterocycles. The van der Waals surface area contributed by atoms with Gasteiger partial charge in [-0.15, -0.1) is 0 Å². The van der Waals surface area contributed by atoms with Gasteiger partial charge in [-0.3, -0.25) is 0 Å². The number of hydrogen-bond donors (Lipinski definition) is 1. The van der Waals surface area contributed by atoms with E-state index in [-0.39, 0.29) is 5.54 Å². The minimum atomic E-state index is 0.131. The summed E-state index contributed by atoms with van der Waals surface area (Å²) in [6.45, 7) is 9.66. The summed E-state index contributed by atoms with van der Waals surface area (Å²) in [4.78, 5) is 4.30. The zero-order valence-electron chi connectivity index (χ0n) is 12.2. The van der Waals surface area contributed by atoms with Gasteiger partial charge >= 0.3 is 0 Å². The lowest BCUT2D eigenvalue weighted by molar-refractivity contribution is 0.408. The summed E-state index contributed by atoms with van der Waals surface area (Å²) in [7, 11) is 0. The van der Waals surface area contributed by atoms with Crippen molar-refractivity contribution in [3.63, 3.8) is 0 Å². The third-order valence-electron chi connectivity index (χ3n) is 3.13. The summed E-state index contributed by atoms with van der Waals surface area (Å²) in [6, 6.07) is 2.64. The van der Waals surface area contributed by atoms with Crippen LogP contribution in [-0.2, 0) is 13.0 Å². The van der Waals surface area contributed by atoms with Crippen LogP contribution < -0.4 is 5.32 Å². The maximum Gasteiger partial charge on any atom is 0.0951 e. The first-order chi connectivity index (χ1) is 8.96. The van der Waals surface area contributed by atoms with Gasteiger partial charge in [0, 0.05) is 24.3 Å². The molecule has 1 N–H and O–H groups in total. The van der Waals surface area contributed by atoms with Gasteiger partial charge in [-0.1, -0.05) is 0 Å². The summed E-state index contributed by atoms with van der Waals surface area (Å²) in [5, 5.41) is 7.88. The van der Waals surface area contributed by atoms with Gasteiger partial charge in [0.05, 0.1) is 12.0 Å². The fraction of sp³-hybridized carbons (Fsp3) is 0.533. The Bertz CT molecular complexity index is 494. The highest BCUT2D eigenvalue weighted by atomic mass is 32.1. The molecule has 2 aromatic heterocycles. The highest BCUT2D eigenvalue weighted by Crippen LogP contribution is 2.18. The van der Waals surface area contributed by atoms with E-state index in [1.807, 2.05) is 12.5 Å². The topological polar surface area (TPSA) is 29.9 Å². The smallest absolute Gasteiger partial charge is 0.0951 e. The maximum absolute atomic E-state index is 4.30. The van der Waals surface area contributed by atoms with Gasteiger partial charge in [-0.25, -0.2) is 4.98 Å². The summed E-state index contributed by atoms with van der Waals surface area (Å²) in [6.07, 6.45) is 4.96. The average molecular weight is 277 g/mol. The predicted octanol–water partition coefficient (Wildman–Crippen LogP) is 3.64. The van der Waals surface area contributed by atoms with Crippen LogP contribution in [0.4, 0.5) is 0 Å². The van der Waals surface area contributed by atoms with E-state index in [0.29, 0.717) is 6.04 Å². The van der Waals surface area contributed by atoms with Crippen LogP contribution in [0.15, 0.2) is 29.4 Å². The molecule has 0 saturated heterocycles. The van der Waals surface area contributed by atoms with Crippen LogP contribution in [0.3, 0.4) is 0 Å². The highest BCUT2D eigenvalue weighted by molar-refractivity contribution is 7.07. The molecule has 0 bridgehead atoms. The van der Waals surface area contributed by atoms with Crippen molar-refractivity contribution < 1.29 is 0 Å². The van der Waals surface area contributed by atoms with Crippen LogP contribution in [0.5, 0.6) is 0 Å². The Morgan fingerprint density at radius 2 is 2.21 bits per heavy atom. The summed E-state index contributed by atoms with van der Waals surface area (Å²) >= 11 is 1.76. The molecule has 0 fully saturated rings. The van der Waals surface area contributed by atoms with Crippen molar-refractivity contribution in [2.24, 2.45) is 0 Å². The lowest BCUT2D eigenvalue weighted by Crippen LogP contribution is -2.35. The number of nitrogens with one attached hydrogen (secondary N) is 1. The maximum atomic E-state index is 4.30. The van der Waals surface area contributed by atoms with Gasteiger partial charge in [0.1, 0.15) is 0 Å². The Labute approximate surface area is 119 Å². The number of aromatic nitrogens is 2. The van der Waals surface area contributed by atoms with Crippen LogP contribution in [0.25, 0.3) is 0 Å². The van der Waals surface area contributed by atoms with Crippen molar-refractivity contribution >= 4 is 11.3 Å². The van der Waals surface area contributed by atoms with Gasteiger partial charge in [-0.2, -0.15) is 11.3 Å². The van der Waals surface area contributed by atoms with Crippen LogP contribution in [0.1, 0.15) is 45.0 Å². The molecule has 2 aromatic rings. The van der Waals surface area contributed by atoms with Crippen LogP contribution >= 0.6 is 11.3 Å². The molecule has 3 nitrogen and oxygen atoms in total. The molecule has 0 saturated carbocycles. The quantitative estimate of drug-likeness (QED) is 0.904. The van der Waals surface area contributed by atoms with E-state index in [2.05, 4.69) is 59.4 Å². The lowest BCUT2D eigenvalue weighted by atomic mass is 10.1. The largest absolute Gasteiger partial charge is 0.330 e. The number of rotatable bonds is 5. The van der Waals surface area contributed by atoms with Crippen LogP contribution in [-0.4, -0.2) is 15.1 Å². The Hall–Kier alpha value is -1.13. The van der Waals surface area contributed by atoms with E-state index in [0.717, 1.165) is 13.0 Å².